The Morgan fingerprint density at radius 2 is 2.30 bits per heavy atom. The Labute approximate surface area is 120 Å². The molecule has 1 aliphatic heterocycles. The maximum Gasteiger partial charge on any atom is 0.310 e. The molecule has 2 atom stereocenters. The Morgan fingerprint density at radius 3 is 2.85 bits per heavy atom. The van der Waals surface area contributed by atoms with Gasteiger partial charge >= 0.3 is 5.97 Å². The molecule has 2 rings (SSSR count). The highest BCUT2D eigenvalue weighted by atomic mass is 16.4. The fourth-order valence-electron chi connectivity index (χ4n) is 3.18. The lowest BCUT2D eigenvalue weighted by molar-refractivity contribution is -0.148. The Hall–Kier alpha value is -1.36. The Balaban J connectivity index is 2.09. The summed E-state index contributed by atoms with van der Waals surface area (Å²) in [7, 11) is 0. The Bertz CT molecular complexity index is 471. The number of likely N-dealkylation sites (tertiary alicyclic amines) is 1. The number of aromatic nitrogens is 2. The van der Waals surface area contributed by atoms with Crippen molar-refractivity contribution in [3.63, 3.8) is 0 Å². The molecule has 5 heteroatoms. The summed E-state index contributed by atoms with van der Waals surface area (Å²) in [5.41, 5.74) is 0.619. The molecule has 5 nitrogen and oxygen atoms in total. The molecule has 1 saturated heterocycles. The van der Waals surface area contributed by atoms with Gasteiger partial charge in [-0.3, -0.25) is 14.4 Å². The van der Waals surface area contributed by atoms with Crippen LogP contribution >= 0.6 is 0 Å². The lowest BCUT2D eigenvalue weighted by atomic mass is 9.82. The largest absolute Gasteiger partial charge is 0.481 e. The van der Waals surface area contributed by atoms with Gasteiger partial charge in [-0.15, -0.1) is 0 Å². The third kappa shape index (κ3) is 2.73. The summed E-state index contributed by atoms with van der Waals surface area (Å²) in [6.07, 6.45) is 6.39. The number of hydrogen-bond acceptors (Lipinski definition) is 3. The minimum absolute atomic E-state index is 0.230. The zero-order valence-corrected chi connectivity index (χ0v) is 12.7. The molecule has 1 fully saturated rings. The van der Waals surface area contributed by atoms with Crippen LogP contribution in [0.3, 0.4) is 0 Å². The topological polar surface area (TPSA) is 58.4 Å². The van der Waals surface area contributed by atoms with E-state index in [9.17, 15) is 9.90 Å². The maximum absolute atomic E-state index is 11.6. The zero-order chi connectivity index (χ0) is 14.8. The summed E-state index contributed by atoms with van der Waals surface area (Å²) in [4.78, 5) is 13.9. The van der Waals surface area contributed by atoms with Crippen LogP contribution in [0.25, 0.3) is 0 Å². The fraction of sp³-hybridized carbons (Fsp3) is 0.733. The highest BCUT2D eigenvalue weighted by Crippen LogP contribution is 2.39. The van der Waals surface area contributed by atoms with Crippen molar-refractivity contribution in [2.45, 2.75) is 52.6 Å². The van der Waals surface area contributed by atoms with Gasteiger partial charge in [0, 0.05) is 30.9 Å². The molecule has 0 aliphatic carbocycles. The molecule has 2 unspecified atom stereocenters. The number of aliphatic carboxylic acids is 1. The van der Waals surface area contributed by atoms with Crippen molar-refractivity contribution >= 4 is 5.97 Å². The van der Waals surface area contributed by atoms with E-state index >= 15 is 0 Å². The van der Waals surface area contributed by atoms with Crippen molar-refractivity contribution < 1.29 is 9.90 Å². The van der Waals surface area contributed by atoms with Crippen molar-refractivity contribution in [2.24, 2.45) is 5.41 Å². The monoisotopic (exact) mass is 279 g/mol. The predicted octanol–water partition coefficient (Wildman–Crippen LogP) is 2.54. The van der Waals surface area contributed by atoms with Crippen LogP contribution < -0.4 is 0 Å². The van der Waals surface area contributed by atoms with Gasteiger partial charge in [-0.2, -0.15) is 5.10 Å². The molecule has 20 heavy (non-hydrogen) atoms. The lowest BCUT2D eigenvalue weighted by Crippen LogP contribution is -2.35. The summed E-state index contributed by atoms with van der Waals surface area (Å²) in [5, 5.41) is 13.9. The van der Waals surface area contributed by atoms with Gasteiger partial charge < -0.3 is 5.11 Å². The summed E-state index contributed by atoms with van der Waals surface area (Å²) in [6, 6.07) is 0.230. The third-order valence-electron chi connectivity index (χ3n) is 4.57. The molecule has 1 N–H and O–H groups in total. The van der Waals surface area contributed by atoms with Crippen LogP contribution in [0.1, 0.15) is 51.6 Å². The second kappa shape index (κ2) is 5.95. The van der Waals surface area contributed by atoms with E-state index < -0.39 is 11.4 Å². The maximum atomic E-state index is 11.6. The average Bonchev–Trinajstić information content (AvgIpc) is 3.05. The molecule has 0 aromatic carbocycles. The smallest absolute Gasteiger partial charge is 0.310 e. The summed E-state index contributed by atoms with van der Waals surface area (Å²) in [6.45, 7) is 8.62. The molecule has 0 amide bonds. The van der Waals surface area contributed by atoms with Gasteiger partial charge in [0.2, 0.25) is 0 Å². The van der Waals surface area contributed by atoms with Crippen LogP contribution in [0.15, 0.2) is 12.4 Å². The fourth-order valence-corrected chi connectivity index (χ4v) is 3.18. The summed E-state index contributed by atoms with van der Waals surface area (Å²) < 4.78 is 1.92. The predicted molar refractivity (Wildman–Crippen MR) is 77.5 cm³/mol. The third-order valence-corrected chi connectivity index (χ3v) is 4.57. The van der Waals surface area contributed by atoms with Crippen molar-refractivity contribution in [3.8, 4) is 0 Å². The molecule has 112 valence electrons. The second-order valence-electron chi connectivity index (χ2n) is 5.86. The minimum atomic E-state index is -0.640. The van der Waals surface area contributed by atoms with Gasteiger partial charge in [0.05, 0.1) is 11.6 Å². The highest BCUT2D eigenvalue weighted by molar-refractivity contribution is 5.75. The number of carboxylic acid groups (broad SMARTS) is 1. The molecule has 0 saturated carbocycles. The van der Waals surface area contributed by atoms with Crippen LogP contribution in [0.5, 0.6) is 0 Å². The van der Waals surface area contributed by atoms with Crippen LogP contribution in [0.4, 0.5) is 0 Å². The van der Waals surface area contributed by atoms with Crippen LogP contribution in [-0.2, 0) is 11.3 Å². The molecule has 1 aromatic rings. The van der Waals surface area contributed by atoms with Gasteiger partial charge in [0.25, 0.3) is 0 Å². The van der Waals surface area contributed by atoms with Gasteiger partial charge in [0.15, 0.2) is 0 Å². The van der Waals surface area contributed by atoms with E-state index in [1.165, 1.54) is 5.56 Å². The molecular formula is C15H25N3O2. The second-order valence-corrected chi connectivity index (χ2v) is 5.86. The molecule has 0 radical (unpaired) electrons. The Morgan fingerprint density at radius 1 is 1.55 bits per heavy atom. The number of rotatable bonds is 6. The van der Waals surface area contributed by atoms with Gasteiger partial charge in [-0.25, -0.2) is 0 Å². The van der Waals surface area contributed by atoms with E-state index in [0.717, 1.165) is 32.4 Å². The first-order valence-electron chi connectivity index (χ1n) is 7.52. The molecular weight excluding hydrogens is 254 g/mol. The van der Waals surface area contributed by atoms with Crippen molar-refractivity contribution in [1.29, 1.82) is 0 Å². The zero-order valence-electron chi connectivity index (χ0n) is 12.7. The van der Waals surface area contributed by atoms with Crippen molar-refractivity contribution in [3.05, 3.63) is 18.0 Å². The molecule has 1 aromatic heterocycles. The molecule has 0 bridgehead atoms. The number of aryl methyl sites for hydroxylation is 1. The van der Waals surface area contributed by atoms with Gasteiger partial charge in [0.1, 0.15) is 0 Å². The van der Waals surface area contributed by atoms with Gasteiger partial charge in [-0.05, 0) is 33.2 Å². The molecule has 0 spiro atoms. The van der Waals surface area contributed by atoms with Crippen molar-refractivity contribution in [1.82, 2.24) is 14.7 Å². The number of nitrogens with zero attached hydrogens (tertiary/aromatic N) is 3. The normalized spacial score (nSPS) is 24.9. The SMILES string of the molecule is CCCC1(C(=O)O)CCN(C(C)c2cnn(CC)c2)C1. The van der Waals surface area contributed by atoms with Crippen LogP contribution in [-0.4, -0.2) is 38.8 Å². The van der Waals surface area contributed by atoms with Gasteiger partial charge in [-0.1, -0.05) is 13.3 Å². The Kier molecular flexibility index (Phi) is 4.48. The number of carbonyl (C=O) groups is 1. The van der Waals surface area contributed by atoms with E-state index in [0.29, 0.717) is 6.54 Å². The first-order valence-corrected chi connectivity index (χ1v) is 7.52. The number of hydrogen-bond donors (Lipinski definition) is 1. The van der Waals surface area contributed by atoms with E-state index in [4.69, 9.17) is 0 Å². The molecule has 2 heterocycles. The van der Waals surface area contributed by atoms with E-state index in [-0.39, 0.29) is 6.04 Å². The van der Waals surface area contributed by atoms with Crippen LogP contribution in [0.2, 0.25) is 0 Å². The lowest BCUT2D eigenvalue weighted by Gasteiger charge is -2.27. The summed E-state index contributed by atoms with van der Waals surface area (Å²) >= 11 is 0. The van der Waals surface area contributed by atoms with E-state index in [2.05, 4.69) is 37.0 Å². The standard InChI is InChI=1S/C15H25N3O2/c1-4-6-15(14(19)20)7-8-17(11-15)12(3)13-9-16-18(5-2)10-13/h9-10,12H,4-8,11H2,1-3H3,(H,19,20). The van der Waals surface area contributed by atoms with Crippen molar-refractivity contribution in [2.75, 3.05) is 13.1 Å². The highest BCUT2D eigenvalue weighted by Gasteiger charge is 2.45. The van der Waals surface area contributed by atoms with Crippen LogP contribution in [0, 0.1) is 5.41 Å². The average molecular weight is 279 g/mol. The first-order chi connectivity index (χ1) is 9.52. The summed E-state index contributed by atoms with van der Waals surface area (Å²) in [5.74, 6) is -0.640. The first kappa shape index (κ1) is 15.0. The van der Waals surface area contributed by atoms with E-state index in [1.54, 1.807) is 0 Å². The quantitative estimate of drug-likeness (QED) is 0.869. The number of carboxylic acids is 1. The minimum Gasteiger partial charge on any atom is -0.481 e. The van der Waals surface area contributed by atoms with E-state index in [1.807, 2.05) is 10.9 Å². The molecule has 1 aliphatic rings.